The lowest BCUT2D eigenvalue weighted by molar-refractivity contribution is -0.119. The van der Waals surface area contributed by atoms with Crippen LogP contribution < -0.4 is 11.1 Å². The number of amides is 1. The molecular weight excluding hydrogens is 278 g/mol. The van der Waals surface area contributed by atoms with Gasteiger partial charge >= 0.3 is 0 Å². The Morgan fingerprint density at radius 3 is 2.50 bits per heavy atom. The first kappa shape index (κ1) is 16.6. The molecule has 0 radical (unpaired) electrons. The lowest BCUT2D eigenvalue weighted by atomic mass is 10.1. The van der Waals surface area contributed by atoms with Crippen molar-refractivity contribution in [2.24, 2.45) is 11.7 Å². The Morgan fingerprint density at radius 1 is 1.40 bits per heavy atom. The van der Waals surface area contributed by atoms with E-state index in [-0.39, 0.29) is 23.3 Å². The van der Waals surface area contributed by atoms with Crippen molar-refractivity contribution in [3.8, 4) is 0 Å². The summed E-state index contributed by atoms with van der Waals surface area (Å²) in [5, 5.41) is 2.71. The molecule has 1 amide bonds. The molecule has 6 nitrogen and oxygen atoms in total. The van der Waals surface area contributed by atoms with E-state index in [4.69, 9.17) is 5.73 Å². The van der Waals surface area contributed by atoms with Gasteiger partial charge in [-0.05, 0) is 24.6 Å². The van der Waals surface area contributed by atoms with E-state index in [0.29, 0.717) is 5.69 Å². The van der Waals surface area contributed by atoms with Crippen LogP contribution in [0.25, 0.3) is 0 Å². The molecule has 0 saturated carbocycles. The third-order valence-corrected chi connectivity index (χ3v) is 4.86. The zero-order valence-electron chi connectivity index (χ0n) is 12.2. The van der Waals surface area contributed by atoms with Gasteiger partial charge in [-0.1, -0.05) is 13.0 Å². The van der Waals surface area contributed by atoms with Crippen molar-refractivity contribution in [3.05, 3.63) is 23.8 Å². The monoisotopic (exact) mass is 299 g/mol. The SMILES string of the molecule is Cc1ccc(S(=O)(=O)N(C)C)cc1NC(=O)C(C)CN. The minimum Gasteiger partial charge on any atom is -0.330 e. The number of rotatable bonds is 5. The van der Waals surface area contributed by atoms with Crippen LogP contribution in [0, 0.1) is 12.8 Å². The van der Waals surface area contributed by atoms with Gasteiger partial charge in [0.25, 0.3) is 0 Å². The van der Waals surface area contributed by atoms with Crippen LogP contribution >= 0.6 is 0 Å². The minimum absolute atomic E-state index is 0.142. The van der Waals surface area contributed by atoms with Crippen LogP contribution in [0.3, 0.4) is 0 Å². The van der Waals surface area contributed by atoms with Gasteiger partial charge in [-0.25, -0.2) is 12.7 Å². The number of hydrogen-bond donors (Lipinski definition) is 2. The third kappa shape index (κ3) is 3.56. The van der Waals surface area contributed by atoms with Crippen LogP contribution in [0.1, 0.15) is 12.5 Å². The Morgan fingerprint density at radius 2 is 2.00 bits per heavy atom. The predicted molar refractivity (Wildman–Crippen MR) is 78.9 cm³/mol. The Hall–Kier alpha value is -1.44. The molecule has 1 unspecified atom stereocenters. The summed E-state index contributed by atoms with van der Waals surface area (Å²) in [6, 6.07) is 4.65. The largest absolute Gasteiger partial charge is 0.330 e. The highest BCUT2D eigenvalue weighted by Crippen LogP contribution is 2.22. The van der Waals surface area contributed by atoms with Gasteiger partial charge in [-0.15, -0.1) is 0 Å². The second kappa shape index (κ2) is 6.34. The molecule has 0 bridgehead atoms. The summed E-state index contributed by atoms with van der Waals surface area (Å²) in [5.41, 5.74) is 6.72. The lowest BCUT2D eigenvalue weighted by Crippen LogP contribution is -2.27. The summed E-state index contributed by atoms with van der Waals surface area (Å²) < 4.78 is 25.3. The number of anilines is 1. The number of benzene rings is 1. The van der Waals surface area contributed by atoms with Gasteiger partial charge in [-0.2, -0.15) is 0 Å². The van der Waals surface area contributed by atoms with Crippen LogP contribution in [0.4, 0.5) is 5.69 Å². The molecule has 1 rings (SSSR count). The average molecular weight is 299 g/mol. The standard InChI is InChI=1S/C13H21N3O3S/c1-9-5-6-11(20(18,19)16(3)4)7-12(9)15-13(17)10(2)8-14/h5-7,10H,8,14H2,1-4H3,(H,15,17). The number of nitrogens with zero attached hydrogens (tertiary/aromatic N) is 1. The van der Waals surface area contributed by atoms with E-state index in [0.717, 1.165) is 9.87 Å². The number of carbonyl (C=O) groups excluding carboxylic acids is 1. The highest BCUT2D eigenvalue weighted by atomic mass is 32.2. The van der Waals surface area contributed by atoms with Gasteiger partial charge in [0.15, 0.2) is 0 Å². The molecule has 0 saturated heterocycles. The first-order chi connectivity index (χ1) is 9.20. The van der Waals surface area contributed by atoms with Crippen molar-refractivity contribution in [2.75, 3.05) is 26.0 Å². The van der Waals surface area contributed by atoms with Gasteiger partial charge in [0.05, 0.1) is 4.90 Å². The Kier molecular flexibility index (Phi) is 5.27. The van der Waals surface area contributed by atoms with Crippen LogP contribution in [-0.2, 0) is 14.8 Å². The Labute approximate surface area is 120 Å². The number of hydrogen-bond acceptors (Lipinski definition) is 4. The second-order valence-electron chi connectivity index (χ2n) is 4.89. The van der Waals surface area contributed by atoms with Crippen LogP contribution in [0.2, 0.25) is 0 Å². The molecule has 0 fully saturated rings. The smallest absolute Gasteiger partial charge is 0.242 e. The number of aryl methyl sites for hydroxylation is 1. The highest BCUT2D eigenvalue weighted by molar-refractivity contribution is 7.89. The van der Waals surface area contributed by atoms with E-state index in [1.165, 1.54) is 26.2 Å². The molecule has 3 N–H and O–H groups in total. The molecule has 0 aliphatic rings. The molecule has 20 heavy (non-hydrogen) atoms. The van der Waals surface area contributed by atoms with Gasteiger partial charge < -0.3 is 11.1 Å². The minimum atomic E-state index is -3.52. The third-order valence-electron chi connectivity index (χ3n) is 3.05. The summed E-state index contributed by atoms with van der Waals surface area (Å²) >= 11 is 0. The molecule has 0 aliphatic carbocycles. The molecular formula is C13H21N3O3S. The van der Waals surface area contributed by atoms with E-state index < -0.39 is 10.0 Å². The van der Waals surface area contributed by atoms with E-state index >= 15 is 0 Å². The van der Waals surface area contributed by atoms with Crippen molar-refractivity contribution in [1.29, 1.82) is 0 Å². The summed E-state index contributed by atoms with van der Waals surface area (Å²) in [6.07, 6.45) is 0. The fraction of sp³-hybridized carbons (Fsp3) is 0.462. The molecule has 0 spiro atoms. The molecule has 0 heterocycles. The van der Waals surface area contributed by atoms with Gasteiger partial charge in [0.2, 0.25) is 15.9 Å². The fourth-order valence-corrected chi connectivity index (χ4v) is 2.40. The predicted octanol–water partition coefficient (Wildman–Crippen LogP) is 0.779. The van der Waals surface area contributed by atoms with Crippen LogP contribution in [-0.4, -0.2) is 39.3 Å². The van der Waals surface area contributed by atoms with Crippen molar-refractivity contribution in [3.63, 3.8) is 0 Å². The number of nitrogens with one attached hydrogen (secondary N) is 1. The van der Waals surface area contributed by atoms with Crippen LogP contribution in [0.15, 0.2) is 23.1 Å². The van der Waals surface area contributed by atoms with Crippen molar-refractivity contribution < 1.29 is 13.2 Å². The molecule has 0 aromatic heterocycles. The van der Waals surface area contributed by atoms with Crippen molar-refractivity contribution in [1.82, 2.24) is 4.31 Å². The number of carbonyl (C=O) groups is 1. The molecule has 1 atom stereocenters. The molecule has 1 aromatic carbocycles. The normalized spacial score (nSPS) is 13.3. The summed E-state index contributed by atoms with van der Waals surface area (Å²) in [4.78, 5) is 12.0. The average Bonchev–Trinajstić information content (AvgIpc) is 2.39. The van der Waals surface area contributed by atoms with Crippen molar-refractivity contribution in [2.45, 2.75) is 18.7 Å². The number of nitrogens with two attached hydrogens (primary N) is 1. The lowest BCUT2D eigenvalue weighted by Gasteiger charge is -2.15. The fourth-order valence-electron chi connectivity index (χ4n) is 1.47. The summed E-state index contributed by atoms with van der Waals surface area (Å²) in [7, 11) is -0.596. The van der Waals surface area contributed by atoms with E-state index in [1.807, 2.05) is 0 Å². The van der Waals surface area contributed by atoms with Crippen molar-refractivity contribution >= 4 is 21.6 Å². The molecule has 112 valence electrons. The summed E-state index contributed by atoms with van der Waals surface area (Å²) in [6.45, 7) is 3.75. The first-order valence-corrected chi connectivity index (χ1v) is 7.68. The topological polar surface area (TPSA) is 92.5 Å². The second-order valence-corrected chi connectivity index (χ2v) is 7.04. The van der Waals surface area contributed by atoms with Gasteiger partial charge in [0, 0.05) is 32.2 Å². The zero-order valence-corrected chi connectivity index (χ0v) is 13.0. The number of sulfonamides is 1. The van der Waals surface area contributed by atoms with Crippen LogP contribution in [0.5, 0.6) is 0 Å². The maximum Gasteiger partial charge on any atom is 0.242 e. The highest BCUT2D eigenvalue weighted by Gasteiger charge is 2.19. The molecule has 0 aliphatic heterocycles. The zero-order chi connectivity index (χ0) is 15.5. The Balaban J connectivity index is 3.14. The summed E-state index contributed by atoms with van der Waals surface area (Å²) in [5.74, 6) is -0.557. The molecule has 7 heteroatoms. The Bertz CT molecular complexity index is 597. The van der Waals surface area contributed by atoms with Gasteiger partial charge in [0.1, 0.15) is 0 Å². The van der Waals surface area contributed by atoms with Gasteiger partial charge in [-0.3, -0.25) is 4.79 Å². The van der Waals surface area contributed by atoms with E-state index in [9.17, 15) is 13.2 Å². The maximum absolute atomic E-state index is 12.1. The first-order valence-electron chi connectivity index (χ1n) is 6.24. The van der Waals surface area contributed by atoms with E-state index in [2.05, 4.69) is 5.32 Å². The van der Waals surface area contributed by atoms with E-state index in [1.54, 1.807) is 19.9 Å². The maximum atomic E-state index is 12.1. The quantitative estimate of drug-likeness (QED) is 0.840. The molecule has 1 aromatic rings.